The molecule has 4 nitrogen and oxygen atoms in total. The Labute approximate surface area is 120 Å². The molecule has 1 aromatic rings. The van der Waals surface area contributed by atoms with E-state index >= 15 is 0 Å². The van der Waals surface area contributed by atoms with Crippen LogP contribution < -0.4 is 0 Å². The van der Waals surface area contributed by atoms with Crippen LogP contribution in [-0.2, 0) is 10.0 Å². The molecule has 0 radical (unpaired) electrons. The summed E-state index contributed by atoms with van der Waals surface area (Å²) in [6.07, 6.45) is 1.52. The van der Waals surface area contributed by atoms with Crippen molar-refractivity contribution in [1.82, 2.24) is 4.31 Å². The number of nitrogens with zero attached hydrogens (tertiary/aromatic N) is 1. The van der Waals surface area contributed by atoms with Gasteiger partial charge < -0.3 is 5.11 Å². The number of sulfonamides is 1. The Morgan fingerprint density at radius 3 is 2.89 bits per heavy atom. The van der Waals surface area contributed by atoms with Gasteiger partial charge >= 0.3 is 0 Å². The molecule has 1 atom stereocenters. The second-order valence-corrected chi connectivity index (χ2v) is 9.09. The molecule has 0 saturated carbocycles. The molecule has 1 saturated heterocycles. The smallest absolute Gasteiger partial charge is 0.252 e. The summed E-state index contributed by atoms with van der Waals surface area (Å²) in [6.45, 7) is 3.10. The molecule has 1 fully saturated rings. The molecule has 1 unspecified atom stereocenters. The lowest BCUT2D eigenvalue weighted by Crippen LogP contribution is -2.28. The summed E-state index contributed by atoms with van der Waals surface area (Å²) in [7, 11) is -3.35. The van der Waals surface area contributed by atoms with E-state index in [0.717, 1.165) is 15.8 Å². The van der Waals surface area contributed by atoms with E-state index < -0.39 is 10.0 Å². The Balaban J connectivity index is 2.17. The molecule has 2 heterocycles. The molecule has 7 heteroatoms. The van der Waals surface area contributed by atoms with Gasteiger partial charge in [0.1, 0.15) is 4.21 Å². The van der Waals surface area contributed by atoms with E-state index in [-0.39, 0.29) is 12.5 Å². The van der Waals surface area contributed by atoms with Gasteiger partial charge in [0.05, 0.1) is 3.79 Å². The zero-order valence-corrected chi connectivity index (χ0v) is 13.3. The second-order valence-electron chi connectivity index (χ2n) is 4.55. The van der Waals surface area contributed by atoms with Crippen LogP contribution in [0.3, 0.4) is 0 Å². The normalized spacial score (nSPS) is 21.6. The predicted octanol–water partition coefficient (Wildman–Crippen LogP) is 2.21. The van der Waals surface area contributed by atoms with Gasteiger partial charge in [0.15, 0.2) is 0 Å². The number of hydrogen-bond donors (Lipinski definition) is 1. The number of aryl methyl sites for hydroxylation is 1. The van der Waals surface area contributed by atoms with E-state index in [1.165, 1.54) is 15.6 Å². The van der Waals surface area contributed by atoms with Gasteiger partial charge in [-0.3, -0.25) is 0 Å². The molecule has 102 valence electrons. The largest absolute Gasteiger partial charge is 0.396 e. The quantitative estimate of drug-likeness (QED) is 0.902. The molecule has 0 bridgehead atoms. The average Bonchev–Trinajstić information content (AvgIpc) is 2.88. The Hall–Kier alpha value is 0.0500. The molecule has 0 spiro atoms. The van der Waals surface area contributed by atoms with Gasteiger partial charge in [-0.15, -0.1) is 11.3 Å². The highest BCUT2D eigenvalue weighted by atomic mass is 79.9. The van der Waals surface area contributed by atoms with E-state index in [1.807, 2.05) is 6.92 Å². The minimum Gasteiger partial charge on any atom is -0.396 e. The van der Waals surface area contributed by atoms with Crippen molar-refractivity contribution in [2.45, 2.75) is 24.0 Å². The molecule has 1 N–H and O–H groups in total. The SMILES string of the molecule is Cc1cc(S(=O)(=O)N2CCC(CCO)C2)sc1Br. The standard InChI is InChI=1S/C11H16BrNO3S2/c1-8-6-10(17-11(8)12)18(15,16)13-4-2-9(7-13)3-5-14/h6,9,14H,2-5,7H2,1H3. The van der Waals surface area contributed by atoms with Crippen LogP contribution in [-0.4, -0.2) is 37.5 Å². The number of hydrogen-bond acceptors (Lipinski definition) is 4. The number of thiophene rings is 1. The van der Waals surface area contributed by atoms with Crippen LogP contribution in [0.4, 0.5) is 0 Å². The first-order valence-corrected chi connectivity index (χ1v) is 8.87. The van der Waals surface area contributed by atoms with Crippen LogP contribution >= 0.6 is 27.3 Å². The van der Waals surface area contributed by atoms with E-state index in [1.54, 1.807) is 6.07 Å². The summed E-state index contributed by atoms with van der Waals surface area (Å²) < 4.78 is 27.6. The van der Waals surface area contributed by atoms with Crippen LogP contribution in [0.5, 0.6) is 0 Å². The number of aliphatic hydroxyl groups is 1. The molecular formula is C11H16BrNO3S2. The van der Waals surface area contributed by atoms with Crippen molar-refractivity contribution in [3.8, 4) is 0 Å². The topological polar surface area (TPSA) is 57.6 Å². The molecule has 1 aliphatic rings. The lowest BCUT2D eigenvalue weighted by molar-refractivity contribution is 0.260. The van der Waals surface area contributed by atoms with Gasteiger partial charge in [-0.05, 0) is 53.2 Å². The van der Waals surface area contributed by atoms with Gasteiger partial charge in [-0.2, -0.15) is 4.31 Å². The van der Waals surface area contributed by atoms with Crippen molar-refractivity contribution in [2.24, 2.45) is 5.92 Å². The van der Waals surface area contributed by atoms with Crippen LogP contribution in [0, 0.1) is 12.8 Å². The van der Waals surface area contributed by atoms with E-state index in [2.05, 4.69) is 15.9 Å². The van der Waals surface area contributed by atoms with Crippen molar-refractivity contribution in [3.63, 3.8) is 0 Å². The number of halogens is 1. The first kappa shape index (κ1) is 14.5. The van der Waals surface area contributed by atoms with Gasteiger partial charge in [0, 0.05) is 19.7 Å². The van der Waals surface area contributed by atoms with Crippen LogP contribution in [0.1, 0.15) is 18.4 Å². The Morgan fingerprint density at radius 1 is 1.61 bits per heavy atom. The van der Waals surface area contributed by atoms with Crippen LogP contribution in [0.25, 0.3) is 0 Å². The maximum atomic E-state index is 12.4. The van der Waals surface area contributed by atoms with Crippen LogP contribution in [0.2, 0.25) is 0 Å². The van der Waals surface area contributed by atoms with E-state index in [0.29, 0.717) is 23.7 Å². The third kappa shape index (κ3) is 2.80. The maximum absolute atomic E-state index is 12.4. The molecule has 1 aromatic heterocycles. The zero-order valence-electron chi connectivity index (χ0n) is 10.1. The molecule has 2 rings (SSSR count). The summed E-state index contributed by atoms with van der Waals surface area (Å²) in [5.41, 5.74) is 0.949. The van der Waals surface area contributed by atoms with Crippen molar-refractivity contribution < 1.29 is 13.5 Å². The highest BCUT2D eigenvalue weighted by Crippen LogP contribution is 2.34. The fourth-order valence-electron chi connectivity index (χ4n) is 2.12. The summed E-state index contributed by atoms with van der Waals surface area (Å²) in [5.74, 6) is 0.286. The monoisotopic (exact) mass is 353 g/mol. The summed E-state index contributed by atoms with van der Waals surface area (Å²) in [4.78, 5) is 0. The summed E-state index contributed by atoms with van der Waals surface area (Å²) in [5, 5.41) is 8.90. The van der Waals surface area contributed by atoms with Gasteiger partial charge in [-0.25, -0.2) is 8.42 Å². The van der Waals surface area contributed by atoms with Gasteiger partial charge in [0.2, 0.25) is 0 Å². The van der Waals surface area contributed by atoms with E-state index in [9.17, 15) is 8.42 Å². The Kier molecular flexibility index (Phi) is 4.48. The lowest BCUT2D eigenvalue weighted by Gasteiger charge is -2.14. The molecular weight excluding hydrogens is 338 g/mol. The average molecular weight is 354 g/mol. The minimum atomic E-state index is -3.35. The van der Waals surface area contributed by atoms with Crippen LogP contribution in [0.15, 0.2) is 14.1 Å². The number of rotatable bonds is 4. The molecule has 1 aliphatic heterocycles. The Morgan fingerprint density at radius 2 is 2.33 bits per heavy atom. The maximum Gasteiger partial charge on any atom is 0.252 e. The van der Waals surface area contributed by atoms with Crippen molar-refractivity contribution in [3.05, 3.63) is 15.4 Å². The van der Waals surface area contributed by atoms with Crippen molar-refractivity contribution >= 4 is 37.3 Å². The highest BCUT2D eigenvalue weighted by molar-refractivity contribution is 9.11. The second kappa shape index (κ2) is 5.58. The lowest BCUT2D eigenvalue weighted by atomic mass is 10.1. The highest BCUT2D eigenvalue weighted by Gasteiger charge is 2.33. The zero-order chi connectivity index (χ0) is 13.3. The minimum absolute atomic E-state index is 0.127. The van der Waals surface area contributed by atoms with Crippen molar-refractivity contribution in [2.75, 3.05) is 19.7 Å². The third-order valence-electron chi connectivity index (χ3n) is 3.21. The van der Waals surface area contributed by atoms with Crippen molar-refractivity contribution in [1.29, 1.82) is 0 Å². The van der Waals surface area contributed by atoms with E-state index in [4.69, 9.17) is 5.11 Å². The molecule has 0 aromatic carbocycles. The van der Waals surface area contributed by atoms with Gasteiger partial charge in [0.25, 0.3) is 10.0 Å². The first-order chi connectivity index (χ1) is 8.45. The molecule has 0 aliphatic carbocycles. The fourth-order valence-corrected chi connectivity index (χ4v) is 6.03. The Bertz CT molecular complexity index is 507. The third-order valence-corrected chi connectivity index (χ3v) is 7.67. The van der Waals surface area contributed by atoms with Gasteiger partial charge in [-0.1, -0.05) is 0 Å². The predicted molar refractivity (Wildman–Crippen MR) is 75.3 cm³/mol. The molecule has 0 amide bonds. The number of aliphatic hydroxyl groups excluding tert-OH is 1. The summed E-state index contributed by atoms with van der Waals surface area (Å²) >= 11 is 4.62. The first-order valence-electron chi connectivity index (χ1n) is 5.82. The fraction of sp³-hybridized carbons (Fsp3) is 0.636. The summed E-state index contributed by atoms with van der Waals surface area (Å²) in [6, 6.07) is 1.71. The molecule has 18 heavy (non-hydrogen) atoms.